The van der Waals surface area contributed by atoms with E-state index < -0.39 is 5.56 Å². The summed E-state index contributed by atoms with van der Waals surface area (Å²) in [6, 6.07) is 9.24. The van der Waals surface area contributed by atoms with E-state index in [-0.39, 0.29) is 22.5 Å². The predicted molar refractivity (Wildman–Crippen MR) is 95.9 cm³/mol. The fourth-order valence-electron chi connectivity index (χ4n) is 3.02. The van der Waals surface area contributed by atoms with Gasteiger partial charge in [0, 0.05) is 36.0 Å². The van der Waals surface area contributed by atoms with Crippen LogP contribution >= 0.6 is 0 Å². The van der Waals surface area contributed by atoms with Gasteiger partial charge >= 0.3 is 0 Å². The van der Waals surface area contributed by atoms with Crippen molar-refractivity contribution in [3.8, 4) is 29.0 Å². The molecule has 8 nitrogen and oxygen atoms in total. The zero-order chi connectivity index (χ0) is 18.7. The summed E-state index contributed by atoms with van der Waals surface area (Å²) in [5.74, 6) is 0.373. The summed E-state index contributed by atoms with van der Waals surface area (Å²) in [6.07, 6.45) is 0. The molecule has 0 unspecified atom stereocenters. The lowest BCUT2D eigenvalue weighted by molar-refractivity contribution is 0.122. The monoisotopic (exact) mass is 351 g/mol. The molecule has 1 aromatic carbocycles. The number of methoxy groups -OCH3 is 1. The highest BCUT2D eigenvalue weighted by atomic mass is 16.5. The van der Waals surface area contributed by atoms with Crippen LogP contribution in [0.25, 0.3) is 11.1 Å². The zero-order valence-corrected chi connectivity index (χ0v) is 14.2. The van der Waals surface area contributed by atoms with E-state index in [0.717, 1.165) is 18.8 Å². The normalized spacial score (nSPS) is 13.7. The van der Waals surface area contributed by atoms with Crippen LogP contribution in [0.15, 0.2) is 23.0 Å². The average Bonchev–Trinajstić information content (AvgIpc) is 2.67. The molecule has 2 heterocycles. The second kappa shape index (κ2) is 7.18. The first-order valence-corrected chi connectivity index (χ1v) is 7.97. The maximum absolute atomic E-state index is 12.1. The third-order valence-electron chi connectivity index (χ3n) is 4.30. The van der Waals surface area contributed by atoms with Gasteiger partial charge in [0.05, 0.1) is 20.3 Å². The number of morpholine rings is 1. The number of nitrogens with zero attached hydrogens (tertiary/aromatic N) is 3. The maximum Gasteiger partial charge on any atom is 0.268 e. The molecule has 26 heavy (non-hydrogen) atoms. The standard InChI is InChI=1S/C18H17N5O3/c1-25-15-8-11(23-4-6-26-7-5-23)2-3-12(15)16-13(9-19)17(21)22-18(24)14(16)10-20/h2-3,8H,4-7H2,1H3,(H3,21,22,24). The van der Waals surface area contributed by atoms with Crippen molar-refractivity contribution in [2.24, 2.45) is 0 Å². The molecule has 0 spiro atoms. The quantitative estimate of drug-likeness (QED) is 0.850. The Kier molecular flexibility index (Phi) is 4.78. The Hall–Kier alpha value is -3.49. The Morgan fingerprint density at radius 2 is 1.92 bits per heavy atom. The topological polar surface area (TPSA) is 128 Å². The number of aromatic nitrogens is 1. The van der Waals surface area contributed by atoms with Gasteiger partial charge in [0.25, 0.3) is 5.56 Å². The van der Waals surface area contributed by atoms with Gasteiger partial charge in [-0.2, -0.15) is 10.5 Å². The Labute approximate surface area is 150 Å². The molecule has 1 aliphatic heterocycles. The number of ether oxygens (including phenoxy) is 2. The molecule has 0 aliphatic carbocycles. The predicted octanol–water partition coefficient (Wildman–Crippen LogP) is 1.21. The molecule has 1 saturated heterocycles. The second-order valence-electron chi connectivity index (χ2n) is 5.70. The highest BCUT2D eigenvalue weighted by Crippen LogP contribution is 2.37. The number of H-pyrrole nitrogens is 1. The first kappa shape index (κ1) is 17.3. The van der Waals surface area contributed by atoms with Crippen molar-refractivity contribution in [3.05, 3.63) is 39.7 Å². The highest BCUT2D eigenvalue weighted by molar-refractivity contribution is 5.84. The number of anilines is 2. The summed E-state index contributed by atoms with van der Waals surface area (Å²) in [4.78, 5) is 16.6. The molecule has 1 aromatic heterocycles. The molecule has 0 bridgehead atoms. The third-order valence-corrected chi connectivity index (χ3v) is 4.30. The number of hydrogen-bond acceptors (Lipinski definition) is 7. The van der Waals surface area contributed by atoms with Crippen molar-refractivity contribution >= 4 is 11.5 Å². The number of nitrogens with two attached hydrogens (primary N) is 1. The van der Waals surface area contributed by atoms with Gasteiger partial charge in [-0.05, 0) is 12.1 Å². The van der Waals surface area contributed by atoms with Gasteiger partial charge in [-0.3, -0.25) is 4.79 Å². The smallest absolute Gasteiger partial charge is 0.268 e. The van der Waals surface area contributed by atoms with Crippen molar-refractivity contribution in [1.82, 2.24) is 4.98 Å². The molecule has 0 radical (unpaired) electrons. The van der Waals surface area contributed by atoms with Crippen LogP contribution in [-0.4, -0.2) is 38.4 Å². The van der Waals surface area contributed by atoms with Crippen LogP contribution in [0.5, 0.6) is 5.75 Å². The van der Waals surface area contributed by atoms with Gasteiger partial charge in [-0.1, -0.05) is 0 Å². The lowest BCUT2D eigenvalue weighted by Gasteiger charge is -2.29. The van der Waals surface area contributed by atoms with Gasteiger partial charge in [-0.25, -0.2) is 0 Å². The Balaban J connectivity index is 2.20. The van der Waals surface area contributed by atoms with E-state index in [9.17, 15) is 15.3 Å². The number of benzene rings is 1. The summed E-state index contributed by atoms with van der Waals surface area (Å²) in [7, 11) is 1.50. The van der Waals surface area contributed by atoms with Crippen LogP contribution < -0.4 is 20.9 Å². The van der Waals surface area contributed by atoms with Crippen molar-refractivity contribution < 1.29 is 9.47 Å². The number of pyridine rings is 1. The molecule has 2 aromatic rings. The Morgan fingerprint density at radius 3 is 2.54 bits per heavy atom. The van der Waals surface area contributed by atoms with Crippen LogP contribution in [-0.2, 0) is 4.74 Å². The summed E-state index contributed by atoms with van der Waals surface area (Å²) >= 11 is 0. The molecule has 132 valence electrons. The largest absolute Gasteiger partial charge is 0.496 e. The second-order valence-corrected chi connectivity index (χ2v) is 5.70. The van der Waals surface area contributed by atoms with Gasteiger partial charge in [0.1, 0.15) is 34.8 Å². The fourth-order valence-corrected chi connectivity index (χ4v) is 3.02. The Bertz CT molecular complexity index is 978. The van der Waals surface area contributed by atoms with Crippen molar-refractivity contribution in [1.29, 1.82) is 10.5 Å². The van der Waals surface area contributed by atoms with E-state index in [1.165, 1.54) is 7.11 Å². The van der Waals surface area contributed by atoms with E-state index in [2.05, 4.69) is 9.88 Å². The van der Waals surface area contributed by atoms with E-state index in [0.29, 0.717) is 24.5 Å². The zero-order valence-electron chi connectivity index (χ0n) is 14.2. The summed E-state index contributed by atoms with van der Waals surface area (Å²) in [6.45, 7) is 2.80. The van der Waals surface area contributed by atoms with Gasteiger partial charge in [0.15, 0.2) is 0 Å². The van der Waals surface area contributed by atoms with E-state index in [1.54, 1.807) is 6.07 Å². The van der Waals surface area contributed by atoms with Crippen molar-refractivity contribution in [3.63, 3.8) is 0 Å². The molecule has 3 rings (SSSR count). The fraction of sp³-hybridized carbons (Fsp3) is 0.278. The summed E-state index contributed by atoms with van der Waals surface area (Å²) in [5.41, 5.74) is 6.59. The minimum Gasteiger partial charge on any atom is -0.496 e. The number of hydrogen-bond donors (Lipinski definition) is 2. The SMILES string of the molecule is COc1cc(N2CCOCC2)ccc1-c1c(C#N)c(N)[nH]c(=O)c1C#N. The number of nitrogen functional groups attached to an aromatic ring is 1. The molecule has 0 atom stereocenters. The molecule has 1 fully saturated rings. The molecular weight excluding hydrogens is 334 g/mol. The van der Waals surface area contributed by atoms with Crippen LogP contribution in [0.4, 0.5) is 11.5 Å². The number of nitrogens with one attached hydrogen (secondary N) is 1. The minimum absolute atomic E-state index is 0.0403. The lowest BCUT2D eigenvalue weighted by Crippen LogP contribution is -2.36. The maximum atomic E-state index is 12.1. The average molecular weight is 351 g/mol. The van der Waals surface area contributed by atoms with E-state index in [4.69, 9.17) is 15.2 Å². The summed E-state index contributed by atoms with van der Waals surface area (Å²) < 4.78 is 10.8. The molecule has 3 N–H and O–H groups in total. The first-order chi connectivity index (χ1) is 12.6. The first-order valence-electron chi connectivity index (χ1n) is 7.97. The third kappa shape index (κ3) is 2.94. The molecule has 0 amide bonds. The molecule has 8 heteroatoms. The van der Waals surface area contributed by atoms with Gasteiger partial charge in [-0.15, -0.1) is 0 Å². The summed E-state index contributed by atoms with van der Waals surface area (Å²) in [5, 5.41) is 18.9. The Morgan fingerprint density at radius 1 is 1.23 bits per heavy atom. The molecule has 1 aliphatic rings. The van der Waals surface area contributed by atoms with Crippen LogP contribution in [0.2, 0.25) is 0 Å². The minimum atomic E-state index is -0.640. The van der Waals surface area contributed by atoms with E-state index >= 15 is 0 Å². The highest BCUT2D eigenvalue weighted by Gasteiger charge is 2.22. The van der Waals surface area contributed by atoms with Crippen LogP contribution in [0.3, 0.4) is 0 Å². The van der Waals surface area contributed by atoms with E-state index in [1.807, 2.05) is 24.3 Å². The molecule has 0 saturated carbocycles. The van der Waals surface area contributed by atoms with Gasteiger partial charge in [0.2, 0.25) is 0 Å². The van der Waals surface area contributed by atoms with Crippen molar-refractivity contribution in [2.45, 2.75) is 0 Å². The van der Waals surface area contributed by atoms with Crippen LogP contribution in [0.1, 0.15) is 11.1 Å². The number of aromatic amines is 1. The molecular formula is C18H17N5O3. The van der Waals surface area contributed by atoms with Gasteiger partial charge < -0.3 is 25.1 Å². The van der Waals surface area contributed by atoms with Crippen molar-refractivity contribution in [2.75, 3.05) is 44.0 Å². The number of rotatable bonds is 3. The number of nitriles is 2. The van der Waals surface area contributed by atoms with Crippen LogP contribution in [0, 0.1) is 22.7 Å². The lowest BCUT2D eigenvalue weighted by atomic mass is 9.95.